The van der Waals surface area contributed by atoms with E-state index in [0.717, 1.165) is 6.42 Å². The molecule has 0 radical (unpaired) electrons. The predicted molar refractivity (Wildman–Crippen MR) is 141 cm³/mol. The van der Waals surface area contributed by atoms with E-state index in [2.05, 4.69) is 124 Å². The summed E-state index contributed by atoms with van der Waals surface area (Å²) >= 11 is 0. The van der Waals surface area contributed by atoms with Crippen LogP contribution in [0.1, 0.15) is 25.8 Å². The number of allylic oxidation sites excluding steroid dienone is 4. The second-order valence-corrected chi connectivity index (χ2v) is 9.16. The lowest BCUT2D eigenvalue weighted by Gasteiger charge is -2.24. The average Bonchev–Trinajstić information content (AvgIpc) is 2.83. The molecular weight excluding hydrogens is 383 g/mol. The Kier molecular flexibility index (Phi) is 5.58. The molecule has 0 nitrogen and oxygen atoms in total. The minimum atomic E-state index is 0.263. The quantitative estimate of drug-likeness (QED) is 0.321. The van der Waals surface area contributed by atoms with Crippen LogP contribution < -0.4 is 10.9 Å². The molecule has 5 rings (SSSR count). The molecule has 0 aliphatic heterocycles. The van der Waals surface area contributed by atoms with E-state index in [-0.39, 0.29) is 6.71 Å². The molecule has 4 aromatic carbocycles. The van der Waals surface area contributed by atoms with Gasteiger partial charge in [0.05, 0.1) is 0 Å². The van der Waals surface area contributed by atoms with Crippen LogP contribution in [-0.2, 0) is 0 Å². The fourth-order valence-corrected chi connectivity index (χ4v) is 5.06. The van der Waals surface area contributed by atoms with E-state index in [1.54, 1.807) is 0 Å². The summed E-state index contributed by atoms with van der Waals surface area (Å²) in [4.78, 5) is 0. The number of benzene rings is 4. The number of aryl methyl sites for hydroxylation is 1. The summed E-state index contributed by atoms with van der Waals surface area (Å²) in [6, 6.07) is 33.4. The monoisotopic (exact) mass is 412 g/mol. The molecule has 0 fully saturated rings. The zero-order chi connectivity index (χ0) is 22.1. The second-order valence-electron chi connectivity index (χ2n) is 9.16. The fourth-order valence-electron chi connectivity index (χ4n) is 5.06. The lowest BCUT2D eigenvalue weighted by molar-refractivity contribution is 0.728. The number of hydrogen-bond acceptors (Lipinski definition) is 0. The molecule has 1 aliphatic carbocycles. The molecule has 4 aromatic rings. The van der Waals surface area contributed by atoms with Crippen LogP contribution in [0.2, 0.25) is 0 Å². The molecule has 1 heteroatoms. The smallest absolute Gasteiger partial charge is 0.0858 e. The molecule has 0 amide bonds. The van der Waals surface area contributed by atoms with Crippen LogP contribution in [0.4, 0.5) is 0 Å². The highest BCUT2D eigenvalue weighted by Crippen LogP contribution is 2.31. The van der Waals surface area contributed by atoms with Gasteiger partial charge in [0.2, 0.25) is 6.71 Å². The number of hydrogen-bond donors (Lipinski definition) is 0. The third-order valence-corrected chi connectivity index (χ3v) is 6.86. The molecule has 0 aromatic heterocycles. The Labute approximate surface area is 192 Å². The van der Waals surface area contributed by atoms with Gasteiger partial charge in [-0.1, -0.05) is 132 Å². The zero-order valence-corrected chi connectivity index (χ0v) is 19.2. The molecule has 0 bridgehead atoms. The predicted octanol–water partition coefficient (Wildman–Crippen LogP) is 6.88. The minimum Gasteiger partial charge on any atom is -0.0858 e. The first-order valence-corrected chi connectivity index (χ1v) is 11.6. The van der Waals surface area contributed by atoms with Gasteiger partial charge in [0.1, 0.15) is 0 Å². The van der Waals surface area contributed by atoms with Crippen LogP contribution >= 0.6 is 0 Å². The Morgan fingerprint density at radius 3 is 2.09 bits per heavy atom. The molecule has 0 saturated heterocycles. The van der Waals surface area contributed by atoms with Crippen LogP contribution in [0, 0.1) is 12.8 Å². The van der Waals surface area contributed by atoms with Crippen LogP contribution in [0.5, 0.6) is 0 Å². The van der Waals surface area contributed by atoms with Gasteiger partial charge in [-0.05, 0) is 53.6 Å². The van der Waals surface area contributed by atoms with E-state index >= 15 is 0 Å². The Balaban J connectivity index is 1.60. The molecule has 1 atom stereocenters. The summed E-state index contributed by atoms with van der Waals surface area (Å²) in [5, 5.41) is 2.65. The van der Waals surface area contributed by atoms with Crippen molar-refractivity contribution in [3.05, 3.63) is 120 Å². The van der Waals surface area contributed by atoms with E-state index in [1.807, 2.05) is 0 Å². The van der Waals surface area contributed by atoms with E-state index in [0.29, 0.717) is 5.92 Å². The van der Waals surface area contributed by atoms with Crippen LogP contribution in [-0.4, -0.2) is 6.71 Å². The zero-order valence-electron chi connectivity index (χ0n) is 19.2. The van der Waals surface area contributed by atoms with Gasteiger partial charge in [-0.3, -0.25) is 0 Å². The van der Waals surface area contributed by atoms with E-state index in [1.165, 1.54) is 49.4 Å². The molecule has 156 valence electrons. The van der Waals surface area contributed by atoms with Crippen molar-refractivity contribution in [1.82, 2.24) is 0 Å². The van der Waals surface area contributed by atoms with E-state index in [9.17, 15) is 0 Å². The lowest BCUT2D eigenvalue weighted by atomic mass is 9.34. The molecular formula is C31H29B. The first-order chi connectivity index (χ1) is 15.6. The Hall–Kier alpha value is -3.32. The van der Waals surface area contributed by atoms with Crippen molar-refractivity contribution < 1.29 is 0 Å². The third-order valence-electron chi connectivity index (χ3n) is 6.86. The van der Waals surface area contributed by atoms with E-state index in [4.69, 9.17) is 0 Å². The summed E-state index contributed by atoms with van der Waals surface area (Å²) in [5.74, 6) is 0.582. The Bertz CT molecular complexity index is 1310. The van der Waals surface area contributed by atoms with Gasteiger partial charge in [0.15, 0.2) is 0 Å². The van der Waals surface area contributed by atoms with Gasteiger partial charge >= 0.3 is 0 Å². The van der Waals surface area contributed by atoms with Gasteiger partial charge < -0.3 is 0 Å². The van der Waals surface area contributed by atoms with E-state index < -0.39 is 0 Å². The maximum absolute atomic E-state index is 2.48. The lowest BCUT2D eigenvalue weighted by Crippen LogP contribution is -2.45. The molecule has 0 heterocycles. The highest BCUT2D eigenvalue weighted by atomic mass is 14.1. The highest BCUT2D eigenvalue weighted by molar-refractivity contribution is 6.91. The summed E-state index contributed by atoms with van der Waals surface area (Å²) in [7, 11) is 0. The van der Waals surface area contributed by atoms with Crippen molar-refractivity contribution in [3.63, 3.8) is 0 Å². The topological polar surface area (TPSA) is 0 Å². The highest BCUT2D eigenvalue weighted by Gasteiger charge is 2.26. The number of fused-ring (bicyclic) bond motifs is 1. The van der Waals surface area contributed by atoms with Crippen molar-refractivity contribution >= 4 is 28.4 Å². The van der Waals surface area contributed by atoms with Crippen LogP contribution in [0.15, 0.2) is 114 Å². The van der Waals surface area contributed by atoms with Crippen molar-refractivity contribution in [2.75, 3.05) is 0 Å². The SMILES string of the molecule is CC1=CCC(C)C=C1B(c1ccccc1)c1ccc(-c2ccc(C)c3ccccc23)cc1. The first kappa shape index (κ1) is 20.6. The molecule has 32 heavy (non-hydrogen) atoms. The van der Waals surface area contributed by atoms with Gasteiger partial charge in [-0.15, -0.1) is 0 Å². The summed E-state index contributed by atoms with van der Waals surface area (Å²) < 4.78 is 0. The molecule has 0 saturated carbocycles. The van der Waals surface area contributed by atoms with Crippen molar-refractivity contribution in [3.8, 4) is 11.1 Å². The van der Waals surface area contributed by atoms with Crippen LogP contribution in [0.3, 0.4) is 0 Å². The summed E-state index contributed by atoms with van der Waals surface area (Å²) in [6.07, 6.45) is 6.02. The third kappa shape index (κ3) is 3.84. The van der Waals surface area contributed by atoms with Crippen molar-refractivity contribution in [1.29, 1.82) is 0 Å². The standard InChI is InChI=1S/C31H29B/c1-22-13-14-24(3)31(21-22)32(26-9-5-4-6-10-26)27-18-16-25(17-19-27)29-20-15-23(2)28-11-7-8-12-30(28)29/h4-12,14-22H,13H2,1-3H3. The molecule has 1 aliphatic rings. The Morgan fingerprint density at radius 2 is 1.34 bits per heavy atom. The average molecular weight is 412 g/mol. The van der Waals surface area contributed by atoms with Gasteiger partial charge in [0.25, 0.3) is 0 Å². The van der Waals surface area contributed by atoms with Gasteiger partial charge in [0, 0.05) is 0 Å². The van der Waals surface area contributed by atoms with Crippen molar-refractivity contribution in [2.24, 2.45) is 5.92 Å². The van der Waals surface area contributed by atoms with Gasteiger partial charge in [-0.25, -0.2) is 0 Å². The minimum absolute atomic E-state index is 0.263. The normalized spacial score (nSPS) is 15.9. The fraction of sp³-hybridized carbons (Fsp3) is 0.161. The summed E-state index contributed by atoms with van der Waals surface area (Å²) in [6.45, 7) is 7.03. The first-order valence-electron chi connectivity index (χ1n) is 11.6. The van der Waals surface area contributed by atoms with Gasteiger partial charge in [-0.2, -0.15) is 0 Å². The number of rotatable bonds is 4. The second kappa shape index (κ2) is 8.67. The Morgan fingerprint density at radius 1 is 0.688 bits per heavy atom. The maximum atomic E-state index is 2.48. The molecule has 1 unspecified atom stereocenters. The molecule has 0 spiro atoms. The van der Waals surface area contributed by atoms with Crippen molar-refractivity contribution in [2.45, 2.75) is 27.2 Å². The maximum Gasteiger partial charge on any atom is 0.241 e. The van der Waals surface area contributed by atoms with Crippen LogP contribution in [0.25, 0.3) is 21.9 Å². The molecule has 0 N–H and O–H groups in total. The largest absolute Gasteiger partial charge is 0.241 e. The summed E-state index contributed by atoms with van der Waals surface area (Å²) in [5.41, 5.74) is 9.46.